The standard InChI is InChI=1S/C21H23N3O3/c1-14-6-2-5-9-17(14)21(27)23-11-10-19(25)24-13-16-8-4-3-7-15(16)12-18(24)20(22)26/h2-9,18H,10-13H2,1H3,(H2,22,26)(H,23,27)/t18-/m0/s1. The van der Waals surface area contributed by atoms with Crippen LogP contribution >= 0.6 is 0 Å². The van der Waals surface area contributed by atoms with Crippen molar-refractivity contribution in [3.8, 4) is 0 Å². The first kappa shape index (κ1) is 18.6. The molecule has 0 bridgehead atoms. The van der Waals surface area contributed by atoms with Crippen LogP contribution in [-0.4, -0.2) is 35.2 Å². The van der Waals surface area contributed by atoms with Crippen molar-refractivity contribution in [3.05, 3.63) is 70.8 Å². The zero-order valence-electron chi connectivity index (χ0n) is 15.3. The number of nitrogens with zero attached hydrogens (tertiary/aromatic N) is 1. The third-order valence-corrected chi connectivity index (χ3v) is 4.91. The van der Waals surface area contributed by atoms with Gasteiger partial charge in [0.05, 0.1) is 0 Å². The van der Waals surface area contributed by atoms with Gasteiger partial charge in [0.2, 0.25) is 11.8 Å². The van der Waals surface area contributed by atoms with Gasteiger partial charge in [-0.3, -0.25) is 14.4 Å². The predicted octanol–water partition coefficient (Wildman–Crippen LogP) is 1.55. The maximum atomic E-state index is 12.7. The Kier molecular flexibility index (Phi) is 5.54. The van der Waals surface area contributed by atoms with Crippen LogP contribution in [0.25, 0.3) is 0 Å². The summed E-state index contributed by atoms with van der Waals surface area (Å²) >= 11 is 0. The predicted molar refractivity (Wildman–Crippen MR) is 102 cm³/mol. The molecule has 1 aliphatic rings. The molecule has 6 nitrogen and oxygen atoms in total. The van der Waals surface area contributed by atoms with E-state index in [0.29, 0.717) is 18.5 Å². The van der Waals surface area contributed by atoms with E-state index in [9.17, 15) is 14.4 Å². The van der Waals surface area contributed by atoms with Gasteiger partial charge in [-0.2, -0.15) is 0 Å². The van der Waals surface area contributed by atoms with Crippen molar-refractivity contribution in [1.29, 1.82) is 0 Å². The van der Waals surface area contributed by atoms with Gasteiger partial charge in [0.25, 0.3) is 5.91 Å². The largest absolute Gasteiger partial charge is 0.368 e. The Bertz CT molecular complexity index is 878. The molecule has 140 valence electrons. The fraction of sp³-hybridized carbons (Fsp3) is 0.286. The van der Waals surface area contributed by atoms with E-state index in [1.807, 2.05) is 43.3 Å². The number of aryl methyl sites for hydroxylation is 1. The van der Waals surface area contributed by atoms with Crippen LogP contribution in [0.1, 0.15) is 33.5 Å². The van der Waals surface area contributed by atoms with Gasteiger partial charge in [0.15, 0.2) is 0 Å². The minimum absolute atomic E-state index is 0.115. The minimum atomic E-state index is -0.653. The van der Waals surface area contributed by atoms with Crippen LogP contribution in [0.5, 0.6) is 0 Å². The SMILES string of the molecule is Cc1ccccc1C(=O)NCCC(=O)N1Cc2ccccc2C[C@H]1C(N)=O. The number of nitrogens with two attached hydrogens (primary N) is 1. The summed E-state index contributed by atoms with van der Waals surface area (Å²) in [6, 6.07) is 14.4. The first-order chi connectivity index (χ1) is 13.0. The molecule has 0 radical (unpaired) electrons. The minimum Gasteiger partial charge on any atom is -0.368 e. The van der Waals surface area contributed by atoms with Crippen LogP contribution in [0.4, 0.5) is 0 Å². The summed E-state index contributed by atoms with van der Waals surface area (Å²) in [5, 5.41) is 2.77. The smallest absolute Gasteiger partial charge is 0.251 e. The highest BCUT2D eigenvalue weighted by Crippen LogP contribution is 2.23. The van der Waals surface area contributed by atoms with Crippen molar-refractivity contribution in [1.82, 2.24) is 10.2 Å². The van der Waals surface area contributed by atoms with Crippen molar-refractivity contribution in [2.24, 2.45) is 5.73 Å². The second kappa shape index (κ2) is 8.03. The second-order valence-electron chi connectivity index (χ2n) is 6.73. The molecular formula is C21H23N3O3. The van der Waals surface area contributed by atoms with Crippen LogP contribution in [0.3, 0.4) is 0 Å². The lowest BCUT2D eigenvalue weighted by atomic mass is 9.93. The summed E-state index contributed by atoms with van der Waals surface area (Å²) in [6.07, 6.45) is 0.538. The lowest BCUT2D eigenvalue weighted by Gasteiger charge is -2.35. The summed E-state index contributed by atoms with van der Waals surface area (Å²) < 4.78 is 0. The van der Waals surface area contributed by atoms with Crippen molar-refractivity contribution in [2.75, 3.05) is 6.54 Å². The van der Waals surface area contributed by atoms with Gasteiger partial charge < -0.3 is 16.0 Å². The lowest BCUT2D eigenvalue weighted by molar-refractivity contribution is -0.140. The third-order valence-electron chi connectivity index (χ3n) is 4.91. The number of nitrogens with one attached hydrogen (secondary N) is 1. The van der Waals surface area contributed by atoms with Crippen molar-refractivity contribution < 1.29 is 14.4 Å². The van der Waals surface area contributed by atoms with Crippen LogP contribution in [0, 0.1) is 6.92 Å². The topological polar surface area (TPSA) is 92.5 Å². The molecule has 27 heavy (non-hydrogen) atoms. The van der Waals surface area contributed by atoms with Gasteiger partial charge >= 0.3 is 0 Å². The highest BCUT2D eigenvalue weighted by atomic mass is 16.2. The summed E-state index contributed by atoms with van der Waals surface area (Å²) in [5.74, 6) is -0.920. The summed E-state index contributed by atoms with van der Waals surface area (Å²) in [6.45, 7) is 2.42. The van der Waals surface area contributed by atoms with Crippen molar-refractivity contribution in [2.45, 2.75) is 32.4 Å². The normalized spacial score (nSPS) is 15.7. The molecule has 6 heteroatoms. The maximum Gasteiger partial charge on any atom is 0.251 e. The molecule has 2 aromatic carbocycles. The van der Waals surface area contributed by atoms with E-state index < -0.39 is 11.9 Å². The van der Waals surface area contributed by atoms with E-state index in [0.717, 1.165) is 16.7 Å². The Labute approximate surface area is 158 Å². The third kappa shape index (κ3) is 4.16. The second-order valence-corrected chi connectivity index (χ2v) is 6.73. The van der Waals surface area contributed by atoms with Gasteiger partial charge in [0, 0.05) is 31.5 Å². The fourth-order valence-electron chi connectivity index (χ4n) is 3.39. The number of hydrogen-bond acceptors (Lipinski definition) is 3. The number of benzene rings is 2. The molecule has 1 atom stereocenters. The molecule has 3 rings (SSSR count). The average molecular weight is 365 g/mol. The van der Waals surface area contributed by atoms with E-state index in [1.54, 1.807) is 12.1 Å². The van der Waals surface area contributed by atoms with Gasteiger partial charge in [-0.25, -0.2) is 0 Å². The summed E-state index contributed by atoms with van der Waals surface area (Å²) in [7, 11) is 0. The maximum absolute atomic E-state index is 12.7. The van der Waals surface area contributed by atoms with E-state index in [2.05, 4.69) is 5.32 Å². The molecule has 3 amide bonds. The Hall–Kier alpha value is -3.15. The van der Waals surface area contributed by atoms with Crippen molar-refractivity contribution in [3.63, 3.8) is 0 Å². The highest BCUT2D eigenvalue weighted by molar-refractivity contribution is 5.96. The molecule has 0 spiro atoms. The number of rotatable bonds is 5. The average Bonchev–Trinajstić information content (AvgIpc) is 2.67. The Morgan fingerprint density at radius 1 is 1.07 bits per heavy atom. The highest BCUT2D eigenvalue weighted by Gasteiger charge is 2.32. The van der Waals surface area contributed by atoms with E-state index in [-0.39, 0.29) is 24.8 Å². The first-order valence-electron chi connectivity index (χ1n) is 8.96. The van der Waals surface area contributed by atoms with Crippen LogP contribution < -0.4 is 11.1 Å². The Morgan fingerprint density at radius 3 is 2.44 bits per heavy atom. The van der Waals surface area contributed by atoms with Gasteiger partial charge in [-0.15, -0.1) is 0 Å². The number of carbonyl (C=O) groups excluding carboxylic acids is 3. The van der Waals surface area contributed by atoms with E-state index in [1.165, 1.54) is 4.90 Å². The first-order valence-corrected chi connectivity index (χ1v) is 8.96. The number of amides is 3. The van der Waals surface area contributed by atoms with Crippen molar-refractivity contribution >= 4 is 17.7 Å². The molecule has 0 aliphatic carbocycles. The number of carbonyl (C=O) groups is 3. The molecule has 1 heterocycles. The molecule has 0 saturated heterocycles. The lowest BCUT2D eigenvalue weighted by Crippen LogP contribution is -2.51. The number of primary amides is 1. The number of hydrogen-bond donors (Lipinski definition) is 2. The molecule has 3 N–H and O–H groups in total. The number of fused-ring (bicyclic) bond motifs is 1. The molecule has 0 fully saturated rings. The van der Waals surface area contributed by atoms with Crippen LogP contribution in [-0.2, 0) is 22.6 Å². The fourth-order valence-corrected chi connectivity index (χ4v) is 3.39. The monoisotopic (exact) mass is 365 g/mol. The Balaban J connectivity index is 1.62. The summed E-state index contributed by atoms with van der Waals surface area (Å²) in [5.41, 5.74) is 9.05. The molecule has 0 saturated carbocycles. The molecule has 1 aliphatic heterocycles. The van der Waals surface area contributed by atoms with E-state index in [4.69, 9.17) is 5.73 Å². The van der Waals surface area contributed by atoms with Gasteiger partial charge in [-0.1, -0.05) is 42.5 Å². The van der Waals surface area contributed by atoms with Crippen LogP contribution in [0.2, 0.25) is 0 Å². The zero-order chi connectivity index (χ0) is 19.4. The van der Waals surface area contributed by atoms with Gasteiger partial charge in [-0.05, 0) is 29.7 Å². The Morgan fingerprint density at radius 2 is 1.74 bits per heavy atom. The quantitative estimate of drug-likeness (QED) is 0.842. The molecule has 2 aromatic rings. The van der Waals surface area contributed by atoms with Crippen LogP contribution in [0.15, 0.2) is 48.5 Å². The molecular weight excluding hydrogens is 342 g/mol. The van der Waals surface area contributed by atoms with Gasteiger partial charge in [0.1, 0.15) is 6.04 Å². The zero-order valence-corrected chi connectivity index (χ0v) is 15.3. The van der Waals surface area contributed by atoms with E-state index >= 15 is 0 Å². The molecule has 0 aromatic heterocycles. The summed E-state index contributed by atoms with van der Waals surface area (Å²) in [4.78, 5) is 38.3. The molecule has 0 unspecified atom stereocenters.